The monoisotopic (exact) mass is 443 g/mol. The van der Waals surface area contributed by atoms with E-state index in [9.17, 15) is 4.79 Å². The van der Waals surface area contributed by atoms with Crippen LogP contribution in [0.1, 0.15) is 43.3 Å². The first-order valence-electron chi connectivity index (χ1n) is 11.4. The summed E-state index contributed by atoms with van der Waals surface area (Å²) >= 11 is 1.70. The van der Waals surface area contributed by atoms with Crippen molar-refractivity contribution in [3.63, 3.8) is 0 Å². The Labute approximate surface area is 189 Å². The molecule has 1 aromatic heterocycles. The molecule has 2 aromatic rings. The fraction of sp³-hybridized carbons (Fsp3) is 0.583. The molecule has 0 unspecified atom stereocenters. The highest BCUT2D eigenvalue weighted by molar-refractivity contribution is 7.09. The van der Waals surface area contributed by atoms with Crippen LogP contribution in [0.4, 0.5) is 0 Å². The maximum absolute atomic E-state index is 13.1. The molecular formula is C24H33N3O3S. The molecule has 4 rings (SSSR count). The molecular weight excluding hydrogens is 410 g/mol. The lowest BCUT2D eigenvalue weighted by Gasteiger charge is -2.37. The van der Waals surface area contributed by atoms with E-state index in [-0.39, 0.29) is 12.0 Å². The zero-order valence-corrected chi connectivity index (χ0v) is 19.4. The Hall–Kier alpha value is -2.12. The van der Waals surface area contributed by atoms with Gasteiger partial charge in [0.05, 0.1) is 17.3 Å². The molecule has 3 heterocycles. The molecule has 2 aliphatic rings. The van der Waals surface area contributed by atoms with E-state index in [1.54, 1.807) is 11.3 Å². The van der Waals surface area contributed by atoms with Crippen LogP contribution in [-0.2, 0) is 11.3 Å². The van der Waals surface area contributed by atoms with Crippen LogP contribution in [-0.4, -0.2) is 59.6 Å². The molecule has 168 valence electrons. The Balaban J connectivity index is 1.22. The summed E-state index contributed by atoms with van der Waals surface area (Å²) in [4.78, 5) is 22.1. The number of aromatic nitrogens is 1. The van der Waals surface area contributed by atoms with Crippen LogP contribution in [0.15, 0.2) is 29.6 Å². The third-order valence-electron chi connectivity index (χ3n) is 6.19. The van der Waals surface area contributed by atoms with Crippen molar-refractivity contribution in [1.82, 2.24) is 14.8 Å². The molecule has 0 atom stereocenters. The van der Waals surface area contributed by atoms with E-state index in [1.165, 1.54) is 0 Å². The Morgan fingerprint density at radius 3 is 2.45 bits per heavy atom. The van der Waals surface area contributed by atoms with E-state index in [2.05, 4.69) is 20.2 Å². The Morgan fingerprint density at radius 2 is 1.81 bits per heavy atom. The maximum atomic E-state index is 13.1. The number of benzene rings is 1. The van der Waals surface area contributed by atoms with E-state index >= 15 is 0 Å². The maximum Gasteiger partial charge on any atom is 0.225 e. The van der Waals surface area contributed by atoms with Crippen LogP contribution in [0.2, 0.25) is 0 Å². The van der Waals surface area contributed by atoms with Crippen LogP contribution in [0.3, 0.4) is 0 Å². The zero-order valence-electron chi connectivity index (χ0n) is 18.6. The highest BCUT2D eigenvalue weighted by atomic mass is 32.1. The normalized spacial score (nSPS) is 18.8. The van der Waals surface area contributed by atoms with Crippen molar-refractivity contribution in [2.24, 2.45) is 5.92 Å². The Kier molecular flexibility index (Phi) is 7.45. The molecule has 0 spiro atoms. The molecule has 1 amide bonds. The number of likely N-dealkylation sites (tertiary alicyclic amines) is 2. The number of ether oxygens (including phenoxy) is 2. The first kappa shape index (κ1) is 22.1. The number of aryl methyl sites for hydroxylation is 1. The smallest absolute Gasteiger partial charge is 0.225 e. The molecule has 6 nitrogen and oxygen atoms in total. The molecule has 2 fully saturated rings. The summed E-state index contributed by atoms with van der Waals surface area (Å²) in [6, 6.07) is 7.84. The molecule has 7 heteroatoms. The lowest BCUT2D eigenvalue weighted by molar-refractivity contribution is -0.139. The summed E-state index contributed by atoms with van der Waals surface area (Å²) < 4.78 is 11.9. The average Bonchev–Trinajstić information content (AvgIpc) is 3.20. The van der Waals surface area contributed by atoms with E-state index in [4.69, 9.17) is 9.47 Å². The van der Waals surface area contributed by atoms with Gasteiger partial charge < -0.3 is 14.4 Å². The molecule has 0 bridgehead atoms. The number of nitrogens with zero attached hydrogens (tertiary/aromatic N) is 3. The van der Waals surface area contributed by atoms with Crippen LogP contribution >= 0.6 is 11.3 Å². The van der Waals surface area contributed by atoms with E-state index in [0.29, 0.717) is 12.5 Å². The van der Waals surface area contributed by atoms with Gasteiger partial charge in [-0.15, -0.1) is 11.3 Å². The van der Waals surface area contributed by atoms with Gasteiger partial charge in [-0.25, -0.2) is 4.98 Å². The molecule has 2 aliphatic heterocycles. The first-order valence-corrected chi connectivity index (χ1v) is 12.3. The van der Waals surface area contributed by atoms with E-state index in [0.717, 1.165) is 80.6 Å². The second-order valence-electron chi connectivity index (χ2n) is 8.43. The fourth-order valence-electron chi connectivity index (χ4n) is 4.50. The van der Waals surface area contributed by atoms with Gasteiger partial charge in [-0.05, 0) is 51.9 Å². The number of carbonyl (C=O) groups is 1. The van der Waals surface area contributed by atoms with Gasteiger partial charge in [0, 0.05) is 43.8 Å². The van der Waals surface area contributed by atoms with Gasteiger partial charge in [0.2, 0.25) is 5.91 Å². The van der Waals surface area contributed by atoms with Crippen molar-refractivity contribution >= 4 is 17.2 Å². The minimum atomic E-state index is 0.133. The molecule has 0 saturated carbocycles. The highest BCUT2D eigenvalue weighted by Crippen LogP contribution is 2.30. The molecule has 0 radical (unpaired) electrons. The number of hydrogen-bond donors (Lipinski definition) is 0. The van der Waals surface area contributed by atoms with Gasteiger partial charge in [0.1, 0.15) is 6.10 Å². The van der Waals surface area contributed by atoms with Crippen LogP contribution in [0, 0.1) is 12.8 Å². The van der Waals surface area contributed by atoms with Crippen LogP contribution in [0.25, 0.3) is 0 Å². The van der Waals surface area contributed by atoms with Crippen molar-refractivity contribution in [3.8, 4) is 11.5 Å². The predicted molar refractivity (Wildman–Crippen MR) is 123 cm³/mol. The summed E-state index contributed by atoms with van der Waals surface area (Å²) in [5.41, 5.74) is 1.15. The summed E-state index contributed by atoms with van der Waals surface area (Å²) in [5, 5.41) is 3.26. The number of thiazole rings is 1. The highest BCUT2D eigenvalue weighted by Gasteiger charge is 2.31. The van der Waals surface area contributed by atoms with E-state index < -0.39 is 0 Å². The van der Waals surface area contributed by atoms with Gasteiger partial charge in [-0.3, -0.25) is 9.69 Å². The van der Waals surface area contributed by atoms with Crippen molar-refractivity contribution < 1.29 is 14.3 Å². The molecule has 31 heavy (non-hydrogen) atoms. The minimum absolute atomic E-state index is 0.133. The van der Waals surface area contributed by atoms with Gasteiger partial charge in [0.25, 0.3) is 0 Å². The quantitative estimate of drug-likeness (QED) is 0.644. The second-order valence-corrected chi connectivity index (χ2v) is 9.49. The van der Waals surface area contributed by atoms with Crippen LogP contribution < -0.4 is 9.47 Å². The van der Waals surface area contributed by atoms with Crippen molar-refractivity contribution in [3.05, 3.63) is 40.3 Å². The van der Waals surface area contributed by atoms with Crippen molar-refractivity contribution in [1.29, 1.82) is 0 Å². The first-order chi connectivity index (χ1) is 15.1. The SMILES string of the molecule is CCOc1ccccc1OC1CCN(C(=O)C2CCN(Cc3csc(C)n3)CC2)CC1. The van der Waals surface area contributed by atoms with Gasteiger partial charge in [0.15, 0.2) is 11.5 Å². The Bertz CT molecular complexity index is 855. The minimum Gasteiger partial charge on any atom is -0.490 e. The summed E-state index contributed by atoms with van der Waals surface area (Å²) in [6.07, 6.45) is 3.76. The fourth-order valence-corrected chi connectivity index (χ4v) is 5.11. The predicted octanol–water partition coefficient (Wildman–Crippen LogP) is 4.13. The lowest BCUT2D eigenvalue weighted by atomic mass is 9.94. The average molecular weight is 444 g/mol. The standard InChI is InChI=1S/C24H33N3O3S/c1-3-29-22-6-4-5-7-23(22)30-21-10-14-27(15-11-21)24(28)19-8-12-26(13-9-19)16-20-17-31-18(2)25-20/h4-7,17,19,21H,3,8-16H2,1-2H3. The third kappa shape index (κ3) is 5.77. The second kappa shape index (κ2) is 10.5. The molecule has 1 aromatic carbocycles. The Morgan fingerprint density at radius 1 is 1.10 bits per heavy atom. The molecule has 0 aliphatic carbocycles. The zero-order chi connectivity index (χ0) is 21.6. The summed E-state index contributed by atoms with van der Waals surface area (Å²) in [5.74, 6) is 2.08. The van der Waals surface area contributed by atoms with Crippen molar-refractivity contribution in [2.75, 3.05) is 32.8 Å². The van der Waals surface area contributed by atoms with Gasteiger partial charge in [-0.2, -0.15) is 0 Å². The molecule has 2 saturated heterocycles. The number of rotatable bonds is 7. The number of hydrogen-bond acceptors (Lipinski definition) is 6. The summed E-state index contributed by atoms with van der Waals surface area (Å²) in [7, 11) is 0. The number of carbonyl (C=O) groups excluding carboxylic acids is 1. The van der Waals surface area contributed by atoms with E-state index in [1.807, 2.05) is 38.1 Å². The van der Waals surface area contributed by atoms with Gasteiger partial charge >= 0.3 is 0 Å². The number of piperidine rings is 2. The lowest BCUT2D eigenvalue weighted by Crippen LogP contribution is -2.46. The largest absolute Gasteiger partial charge is 0.490 e. The summed E-state index contributed by atoms with van der Waals surface area (Å²) in [6.45, 7) is 9.04. The van der Waals surface area contributed by atoms with Crippen LogP contribution in [0.5, 0.6) is 11.5 Å². The van der Waals surface area contributed by atoms with Crippen molar-refractivity contribution in [2.45, 2.75) is 52.2 Å². The molecule has 0 N–H and O–H groups in total. The topological polar surface area (TPSA) is 54.9 Å². The van der Waals surface area contributed by atoms with Gasteiger partial charge in [-0.1, -0.05) is 12.1 Å². The number of para-hydroxylation sites is 2. The third-order valence-corrected chi connectivity index (χ3v) is 7.01. The number of amides is 1.